The van der Waals surface area contributed by atoms with Gasteiger partial charge in [0.25, 0.3) is 11.8 Å². The van der Waals surface area contributed by atoms with Gasteiger partial charge in [-0.2, -0.15) is 12.7 Å². The molecule has 2 unspecified atom stereocenters. The van der Waals surface area contributed by atoms with Crippen molar-refractivity contribution in [2.45, 2.75) is 12.1 Å². The van der Waals surface area contributed by atoms with Gasteiger partial charge in [0.2, 0.25) is 5.91 Å². The summed E-state index contributed by atoms with van der Waals surface area (Å²) in [6.07, 6.45) is 0. The smallest absolute Gasteiger partial charge is 1.00 e. The molecule has 3 amide bonds. The fraction of sp³-hybridized carbons (Fsp3) is 0.364. The molecule has 5 N–H and O–H groups in total. The number of nitrogens with zero attached hydrogens (tertiary/aromatic N) is 3. The number of likely N-dealkylation sites (N-methyl/N-ethyl adjacent to an activating group) is 1. The fourth-order valence-electron chi connectivity index (χ4n) is 2.17. The first-order chi connectivity index (χ1) is 12.1. The second-order valence-electron chi connectivity index (χ2n) is 4.82. The molecule has 0 aromatic carbocycles. The standard InChI is InChI=1S/C11H14N6O7S2.Na.H/c1-13-9(19)7-6(10(20)17(7)26(21,22)23)15-8(18)5(16-24-2)4-3-25-11(12)14-4;;/h3,6-7H,1-2H3,(H2,12,14)(H,13,19)(H,15,18)(H,21,22,23);;/q;+1;-1/b16-5-;;. The molecule has 1 aliphatic heterocycles. The molecule has 1 fully saturated rings. The maximum absolute atomic E-state index is 12.4. The van der Waals surface area contributed by atoms with Gasteiger partial charge in [0.15, 0.2) is 16.9 Å². The first-order valence-electron chi connectivity index (χ1n) is 6.77. The monoisotopic (exact) mass is 430 g/mol. The van der Waals surface area contributed by atoms with Crippen LogP contribution in [0.4, 0.5) is 5.13 Å². The van der Waals surface area contributed by atoms with Gasteiger partial charge in [-0.15, -0.1) is 11.3 Å². The number of carbonyl (C=O) groups is 3. The molecule has 2 rings (SSSR count). The van der Waals surface area contributed by atoms with E-state index in [0.29, 0.717) is 0 Å². The molecule has 16 heteroatoms. The summed E-state index contributed by atoms with van der Waals surface area (Å²) in [6, 6.07) is -3.20. The van der Waals surface area contributed by atoms with Crippen molar-refractivity contribution in [3.8, 4) is 0 Å². The van der Waals surface area contributed by atoms with Crippen molar-refractivity contribution >= 4 is 50.2 Å². The van der Waals surface area contributed by atoms with Crippen molar-refractivity contribution in [1.82, 2.24) is 19.9 Å². The van der Waals surface area contributed by atoms with E-state index in [-0.39, 0.29) is 51.8 Å². The summed E-state index contributed by atoms with van der Waals surface area (Å²) in [5.74, 6) is -3.06. The van der Waals surface area contributed by atoms with Crippen molar-refractivity contribution < 1.29 is 63.2 Å². The SMILES string of the molecule is CNC(=O)C1C(NC(=O)/C(=N\OC)c2csc(N)n2)C(=O)N1S(=O)(=O)O.[H-].[Na+]. The van der Waals surface area contributed by atoms with Crippen molar-refractivity contribution in [3.05, 3.63) is 11.1 Å². The third-order valence-electron chi connectivity index (χ3n) is 3.26. The summed E-state index contributed by atoms with van der Waals surface area (Å²) < 4.78 is 31.5. The van der Waals surface area contributed by atoms with Crippen LogP contribution in [-0.4, -0.2) is 71.9 Å². The normalized spacial score (nSPS) is 19.6. The minimum atomic E-state index is -4.98. The molecule has 27 heavy (non-hydrogen) atoms. The molecule has 1 aromatic heterocycles. The number of hydrogen-bond donors (Lipinski definition) is 4. The first kappa shape index (κ1) is 23.3. The van der Waals surface area contributed by atoms with Crippen LogP contribution >= 0.6 is 11.3 Å². The molecule has 144 valence electrons. The van der Waals surface area contributed by atoms with Gasteiger partial charge >= 0.3 is 39.9 Å². The largest absolute Gasteiger partial charge is 1.00 e. The van der Waals surface area contributed by atoms with Gasteiger partial charge in [-0.3, -0.25) is 18.9 Å². The Kier molecular flexibility index (Phi) is 7.70. The van der Waals surface area contributed by atoms with E-state index in [0.717, 1.165) is 11.3 Å². The van der Waals surface area contributed by atoms with Crippen LogP contribution in [0.5, 0.6) is 0 Å². The van der Waals surface area contributed by atoms with Crippen molar-refractivity contribution in [3.63, 3.8) is 0 Å². The molecule has 1 aromatic rings. The van der Waals surface area contributed by atoms with E-state index in [1.54, 1.807) is 0 Å². The number of anilines is 1. The van der Waals surface area contributed by atoms with Gasteiger partial charge < -0.3 is 22.6 Å². The van der Waals surface area contributed by atoms with Crippen LogP contribution in [0.3, 0.4) is 0 Å². The van der Waals surface area contributed by atoms with Gasteiger partial charge in [0.1, 0.15) is 18.8 Å². The Hall–Kier alpha value is -1.78. The van der Waals surface area contributed by atoms with E-state index in [1.165, 1.54) is 19.5 Å². The Morgan fingerprint density at radius 3 is 2.59 bits per heavy atom. The van der Waals surface area contributed by atoms with Crippen LogP contribution in [0.1, 0.15) is 7.12 Å². The molecule has 0 saturated carbocycles. The number of thiazole rings is 1. The van der Waals surface area contributed by atoms with Gasteiger partial charge in [-0.1, -0.05) is 5.16 Å². The van der Waals surface area contributed by atoms with Crippen LogP contribution < -0.4 is 45.9 Å². The number of aromatic nitrogens is 1. The summed E-state index contributed by atoms with van der Waals surface area (Å²) in [7, 11) is -2.61. The number of amides is 3. The molecule has 2 atom stereocenters. The van der Waals surface area contributed by atoms with E-state index >= 15 is 0 Å². The zero-order chi connectivity index (χ0) is 19.6. The number of carbonyl (C=O) groups excluding carboxylic acids is 3. The molecular weight excluding hydrogens is 415 g/mol. The third-order valence-corrected chi connectivity index (χ3v) is 4.84. The molecule has 0 radical (unpaired) electrons. The molecule has 1 aliphatic rings. The Labute approximate surface area is 181 Å². The Balaban J connectivity index is 0.00000364. The average Bonchev–Trinajstić information content (AvgIpc) is 2.98. The molecule has 13 nitrogen and oxygen atoms in total. The summed E-state index contributed by atoms with van der Waals surface area (Å²) in [6.45, 7) is 0. The number of nitrogen functional groups attached to an aromatic ring is 1. The van der Waals surface area contributed by atoms with Crippen LogP contribution in [-0.2, 0) is 29.5 Å². The molecule has 0 bridgehead atoms. The van der Waals surface area contributed by atoms with Crippen LogP contribution in [0.25, 0.3) is 0 Å². The molecule has 2 heterocycles. The van der Waals surface area contributed by atoms with Gasteiger partial charge in [-0.05, 0) is 0 Å². The summed E-state index contributed by atoms with van der Waals surface area (Å²) in [5.41, 5.74) is 5.21. The van der Waals surface area contributed by atoms with Crippen LogP contribution in [0.2, 0.25) is 0 Å². The summed E-state index contributed by atoms with van der Waals surface area (Å²) >= 11 is 1.03. The molecule has 1 saturated heterocycles. The van der Waals surface area contributed by atoms with E-state index in [1.807, 2.05) is 0 Å². The van der Waals surface area contributed by atoms with Crippen molar-refractivity contribution in [1.29, 1.82) is 0 Å². The quantitative estimate of drug-likeness (QED) is 0.112. The maximum atomic E-state index is 12.4. The maximum Gasteiger partial charge on any atom is 1.00 e. The first-order valence-corrected chi connectivity index (χ1v) is 9.05. The fourth-order valence-corrected chi connectivity index (χ4v) is 3.56. The minimum Gasteiger partial charge on any atom is -1.00 e. The topological polar surface area (TPSA) is 193 Å². The Bertz CT molecular complexity index is 892. The predicted octanol–water partition coefficient (Wildman–Crippen LogP) is -5.56. The molecule has 0 aliphatic carbocycles. The van der Waals surface area contributed by atoms with Crippen molar-refractivity contribution in [2.24, 2.45) is 5.16 Å². The van der Waals surface area contributed by atoms with E-state index in [4.69, 9.17) is 10.3 Å². The molecular formula is C11H15N6NaO7S2. The van der Waals surface area contributed by atoms with Crippen LogP contribution in [0, 0.1) is 0 Å². The minimum absolute atomic E-state index is 0. The molecule has 0 spiro atoms. The Morgan fingerprint density at radius 1 is 1.52 bits per heavy atom. The van der Waals surface area contributed by atoms with E-state index in [9.17, 15) is 22.8 Å². The number of β-lactam (4-membered cyclic amide) rings is 1. The summed E-state index contributed by atoms with van der Waals surface area (Å²) in [4.78, 5) is 44.6. The summed E-state index contributed by atoms with van der Waals surface area (Å²) in [5, 5.41) is 9.38. The van der Waals surface area contributed by atoms with Crippen LogP contribution in [0.15, 0.2) is 10.5 Å². The third kappa shape index (κ3) is 4.74. The number of nitrogens with two attached hydrogens (primary N) is 1. The van der Waals surface area contributed by atoms with Gasteiger partial charge in [0, 0.05) is 12.4 Å². The van der Waals surface area contributed by atoms with Crippen molar-refractivity contribution in [2.75, 3.05) is 19.9 Å². The second kappa shape index (κ2) is 8.94. The number of rotatable bonds is 6. The second-order valence-corrected chi connectivity index (χ2v) is 6.99. The van der Waals surface area contributed by atoms with E-state index in [2.05, 4.69) is 25.6 Å². The number of hydrogen-bond acceptors (Lipinski definition) is 10. The van der Waals surface area contributed by atoms with Gasteiger partial charge in [-0.25, -0.2) is 4.98 Å². The number of oxime groups is 1. The predicted molar refractivity (Wildman–Crippen MR) is 89.4 cm³/mol. The van der Waals surface area contributed by atoms with Gasteiger partial charge in [0.05, 0.1) is 0 Å². The Morgan fingerprint density at radius 2 is 2.15 bits per heavy atom. The number of nitrogens with one attached hydrogen (secondary N) is 2. The average molecular weight is 430 g/mol. The zero-order valence-electron chi connectivity index (χ0n) is 15.4. The van der Waals surface area contributed by atoms with E-state index < -0.39 is 40.1 Å². The zero-order valence-corrected chi connectivity index (χ0v) is 18.0.